The Hall–Kier alpha value is -0.980. The van der Waals surface area contributed by atoms with Gasteiger partial charge in [0.1, 0.15) is 0 Å². The van der Waals surface area contributed by atoms with Gasteiger partial charge in [-0.1, -0.05) is 58.1 Å². The minimum Gasteiger partial charge on any atom is -0.385 e. The van der Waals surface area contributed by atoms with E-state index in [0.717, 1.165) is 12.2 Å². The SMILES string of the molecule is C=C(NC/C(C)=C/C=C\C(C)C)C(C)C. The lowest BCUT2D eigenvalue weighted by molar-refractivity contribution is 0.677. The molecule has 0 rings (SSSR count). The van der Waals surface area contributed by atoms with Crippen LogP contribution in [-0.4, -0.2) is 6.54 Å². The van der Waals surface area contributed by atoms with Gasteiger partial charge in [0.15, 0.2) is 0 Å². The molecular formula is C14H25N. The smallest absolute Gasteiger partial charge is 0.0357 e. The zero-order chi connectivity index (χ0) is 11.8. The van der Waals surface area contributed by atoms with Gasteiger partial charge in [-0.15, -0.1) is 0 Å². The van der Waals surface area contributed by atoms with E-state index in [9.17, 15) is 0 Å². The normalized spacial score (nSPS) is 12.9. The predicted octanol–water partition coefficient (Wildman–Crippen LogP) is 3.90. The third-order valence-electron chi connectivity index (χ3n) is 2.17. The predicted molar refractivity (Wildman–Crippen MR) is 69.7 cm³/mol. The fourth-order valence-electron chi connectivity index (χ4n) is 0.958. The summed E-state index contributed by atoms with van der Waals surface area (Å²) in [5.41, 5.74) is 2.43. The van der Waals surface area contributed by atoms with Crippen molar-refractivity contribution in [2.45, 2.75) is 34.6 Å². The Labute approximate surface area is 95.0 Å². The lowest BCUT2D eigenvalue weighted by Gasteiger charge is -2.12. The fraction of sp³-hybridized carbons (Fsp3) is 0.571. The molecule has 0 saturated carbocycles. The molecule has 0 aromatic carbocycles. The van der Waals surface area contributed by atoms with E-state index in [1.807, 2.05) is 0 Å². The van der Waals surface area contributed by atoms with Gasteiger partial charge in [-0.3, -0.25) is 0 Å². The van der Waals surface area contributed by atoms with Crippen LogP contribution in [0.5, 0.6) is 0 Å². The Bertz CT molecular complexity index is 244. The molecule has 0 heterocycles. The maximum absolute atomic E-state index is 3.98. The first-order chi connectivity index (χ1) is 6.93. The van der Waals surface area contributed by atoms with Crippen molar-refractivity contribution in [1.82, 2.24) is 5.32 Å². The number of hydrogen-bond donors (Lipinski definition) is 1. The highest BCUT2D eigenvalue weighted by molar-refractivity contribution is 5.13. The molecule has 1 heteroatoms. The third-order valence-corrected chi connectivity index (χ3v) is 2.17. The number of rotatable bonds is 6. The Morgan fingerprint density at radius 2 is 1.87 bits per heavy atom. The Morgan fingerprint density at radius 1 is 1.27 bits per heavy atom. The van der Waals surface area contributed by atoms with Gasteiger partial charge >= 0.3 is 0 Å². The van der Waals surface area contributed by atoms with Gasteiger partial charge in [0.2, 0.25) is 0 Å². The quantitative estimate of drug-likeness (QED) is 0.651. The van der Waals surface area contributed by atoms with Gasteiger partial charge in [0.25, 0.3) is 0 Å². The average molecular weight is 207 g/mol. The molecule has 0 atom stereocenters. The Kier molecular flexibility index (Phi) is 6.85. The number of nitrogens with one attached hydrogen (secondary N) is 1. The summed E-state index contributed by atoms with van der Waals surface area (Å²) in [4.78, 5) is 0. The molecule has 0 bridgehead atoms. The van der Waals surface area contributed by atoms with Crippen molar-refractivity contribution in [1.29, 1.82) is 0 Å². The van der Waals surface area contributed by atoms with E-state index < -0.39 is 0 Å². The third kappa shape index (κ3) is 8.04. The molecule has 0 aromatic rings. The van der Waals surface area contributed by atoms with Crippen LogP contribution < -0.4 is 5.32 Å². The van der Waals surface area contributed by atoms with Crippen LogP contribution in [-0.2, 0) is 0 Å². The molecule has 0 saturated heterocycles. The van der Waals surface area contributed by atoms with Crippen molar-refractivity contribution in [2.75, 3.05) is 6.54 Å². The molecule has 15 heavy (non-hydrogen) atoms. The summed E-state index contributed by atoms with van der Waals surface area (Å²) in [5.74, 6) is 1.12. The molecule has 0 aromatic heterocycles. The van der Waals surface area contributed by atoms with Gasteiger partial charge < -0.3 is 5.32 Å². The summed E-state index contributed by atoms with van der Waals surface area (Å²) in [6.07, 6.45) is 6.47. The monoisotopic (exact) mass is 207 g/mol. The van der Waals surface area contributed by atoms with Crippen molar-refractivity contribution >= 4 is 0 Å². The topological polar surface area (TPSA) is 12.0 Å². The lowest BCUT2D eigenvalue weighted by atomic mass is 10.1. The van der Waals surface area contributed by atoms with E-state index >= 15 is 0 Å². The minimum atomic E-state index is 0.504. The zero-order valence-corrected chi connectivity index (χ0v) is 10.8. The minimum absolute atomic E-state index is 0.504. The summed E-state index contributed by atoms with van der Waals surface area (Å²) in [6, 6.07) is 0. The molecule has 0 radical (unpaired) electrons. The second-order valence-electron chi connectivity index (χ2n) is 4.68. The summed E-state index contributed by atoms with van der Waals surface area (Å²) in [6.45, 7) is 15.6. The standard InChI is InChI=1S/C14H25N/c1-11(2)8-7-9-13(5)10-15-14(6)12(3)4/h7-9,11-12,15H,6,10H2,1-5H3/b8-7-,13-9+. The summed E-state index contributed by atoms with van der Waals surface area (Å²) in [7, 11) is 0. The first-order valence-corrected chi connectivity index (χ1v) is 5.70. The van der Waals surface area contributed by atoms with Crippen LogP contribution in [0.1, 0.15) is 34.6 Å². The van der Waals surface area contributed by atoms with Gasteiger partial charge in [-0.05, 0) is 18.8 Å². The molecule has 1 N–H and O–H groups in total. The van der Waals surface area contributed by atoms with Gasteiger partial charge in [-0.25, -0.2) is 0 Å². The highest BCUT2D eigenvalue weighted by atomic mass is 14.9. The summed E-state index contributed by atoms with van der Waals surface area (Å²) >= 11 is 0. The van der Waals surface area contributed by atoms with Gasteiger partial charge in [0.05, 0.1) is 0 Å². The van der Waals surface area contributed by atoms with Gasteiger partial charge in [0, 0.05) is 12.2 Å². The van der Waals surface area contributed by atoms with Crippen LogP contribution >= 0.6 is 0 Å². The van der Waals surface area contributed by atoms with Crippen molar-refractivity contribution in [3.63, 3.8) is 0 Å². The van der Waals surface area contributed by atoms with E-state index in [0.29, 0.717) is 11.8 Å². The molecule has 1 nitrogen and oxygen atoms in total. The maximum Gasteiger partial charge on any atom is 0.0357 e. The van der Waals surface area contributed by atoms with Crippen LogP contribution in [0.3, 0.4) is 0 Å². The highest BCUT2D eigenvalue weighted by Crippen LogP contribution is 2.03. The Balaban J connectivity index is 3.93. The maximum atomic E-state index is 3.98. The molecular weight excluding hydrogens is 182 g/mol. The zero-order valence-electron chi connectivity index (χ0n) is 10.8. The first-order valence-electron chi connectivity index (χ1n) is 5.70. The lowest BCUT2D eigenvalue weighted by Crippen LogP contribution is -2.18. The van der Waals surface area contributed by atoms with E-state index in [2.05, 4.69) is 64.7 Å². The second kappa shape index (κ2) is 7.33. The molecule has 0 aliphatic heterocycles. The van der Waals surface area contributed by atoms with Crippen molar-refractivity contribution < 1.29 is 0 Å². The largest absolute Gasteiger partial charge is 0.385 e. The first kappa shape index (κ1) is 14.0. The van der Waals surface area contributed by atoms with Gasteiger partial charge in [-0.2, -0.15) is 0 Å². The summed E-state index contributed by atoms with van der Waals surface area (Å²) < 4.78 is 0. The molecule has 86 valence electrons. The molecule has 0 aliphatic carbocycles. The second-order valence-corrected chi connectivity index (χ2v) is 4.68. The van der Waals surface area contributed by atoms with Crippen LogP contribution in [0.4, 0.5) is 0 Å². The van der Waals surface area contributed by atoms with Crippen LogP contribution in [0.25, 0.3) is 0 Å². The van der Waals surface area contributed by atoms with E-state index in [1.165, 1.54) is 5.57 Å². The van der Waals surface area contributed by atoms with Crippen molar-refractivity contribution in [3.8, 4) is 0 Å². The molecule has 0 spiro atoms. The van der Waals surface area contributed by atoms with Crippen LogP contribution in [0.2, 0.25) is 0 Å². The van der Waals surface area contributed by atoms with E-state index in [-0.39, 0.29) is 0 Å². The Morgan fingerprint density at radius 3 is 2.33 bits per heavy atom. The van der Waals surface area contributed by atoms with Crippen LogP contribution in [0.15, 0.2) is 36.1 Å². The number of allylic oxidation sites excluding steroid dienone is 4. The molecule has 0 amide bonds. The summed E-state index contributed by atoms with van der Waals surface area (Å²) in [5, 5.41) is 3.32. The fourth-order valence-corrected chi connectivity index (χ4v) is 0.958. The highest BCUT2D eigenvalue weighted by Gasteiger charge is 1.97. The van der Waals surface area contributed by atoms with Crippen molar-refractivity contribution in [2.24, 2.45) is 11.8 Å². The molecule has 0 aliphatic rings. The van der Waals surface area contributed by atoms with Crippen molar-refractivity contribution in [3.05, 3.63) is 36.1 Å². The van der Waals surface area contributed by atoms with E-state index in [1.54, 1.807) is 0 Å². The molecule has 0 fully saturated rings. The average Bonchev–Trinajstić information content (AvgIpc) is 2.13. The molecule has 0 unspecified atom stereocenters. The number of hydrogen-bond acceptors (Lipinski definition) is 1. The van der Waals surface area contributed by atoms with Crippen LogP contribution in [0, 0.1) is 11.8 Å². The van der Waals surface area contributed by atoms with E-state index in [4.69, 9.17) is 0 Å².